The summed E-state index contributed by atoms with van der Waals surface area (Å²) in [6, 6.07) is 4.30. The zero-order chi connectivity index (χ0) is 13.1. The normalized spacial score (nSPS) is 21.7. The van der Waals surface area contributed by atoms with Gasteiger partial charge in [0, 0.05) is 12.2 Å². The average Bonchev–Trinajstić information content (AvgIpc) is 2.92. The number of rotatable bonds is 3. The van der Waals surface area contributed by atoms with Crippen molar-refractivity contribution in [3.8, 4) is 6.07 Å². The van der Waals surface area contributed by atoms with E-state index in [9.17, 15) is 5.26 Å². The van der Waals surface area contributed by atoms with Gasteiger partial charge in [-0.1, -0.05) is 0 Å². The van der Waals surface area contributed by atoms with Crippen LogP contribution in [-0.2, 0) is 12.8 Å². The number of aromatic nitrogens is 1. The number of aryl methyl sites for hydroxylation is 2. The smallest absolute Gasteiger partial charge is 0.144 e. The average molecular weight is 256 g/mol. The lowest BCUT2D eigenvalue weighted by molar-refractivity contribution is 0.392. The first-order valence-electron chi connectivity index (χ1n) is 7.24. The van der Waals surface area contributed by atoms with Crippen LogP contribution in [0.15, 0.2) is 6.07 Å². The molecule has 100 valence electrons. The zero-order valence-electron chi connectivity index (χ0n) is 11.2. The van der Waals surface area contributed by atoms with E-state index in [-0.39, 0.29) is 0 Å². The Morgan fingerprint density at radius 2 is 2.37 bits per heavy atom. The molecule has 2 aliphatic rings. The van der Waals surface area contributed by atoms with Crippen LogP contribution in [0, 0.1) is 17.2 Å². The lowest BCUT2D eigenvalue weighted by Crippen LogP contribution is -2.33. The third-order valence-electron chi connectivity index (χ3n) is 4.13. The van der Waals surface area contributed by atoms with Gasteiger partial charge in [0.1, 0.15) is 11.9 Å². The Morgan fingerprint density at radius 3 is 3.16 bits per heavy atom. The molecule has 19 heavy (non-hydrogen) atoms. The van der Waals surface area contributed by atoms with Gasteiger partial charge in [0.15, 0.2) is 0 Å². The van der Waals surface area contributed by atoms with Gasteiger partial charge in [0.2, 0.25) is 0 Å². The Bertz CT molecular complexity index is 498. The van der Waals surface area contributed by atoms with Gasteiger partial charge >= 0.3 is 0 Å². The number of nitriles is 1. The molecule has 4 heteroatoms. The van der Waals surface area contributed by atoms with E-state index in [1.165, 1.54) is 30.5 Å². The summed E-state index contributed by atoms with van der Waals surface area (Å²) in [4.78, 5) is 4.65. The number of nitrogens with one attached hydrogen (secondary N) is 2. The van der Waals surface area contributed by atoms with Gasteiger partial charge in [-0.05, 0) is 62.7 Å². The molecule has 0 bridgehead atoms. The standard InChI is InChI=1S/C15H20N4/c16-8-13-7-12-4-1-5-14(12)19-15(13)18-10-11-3-2-6-17-9-11/h7,11,17H,1-6,9-10H2,(H,18,19). The third-order valence-corrected chi connectivity index (χ3v) is 4.13. The molecule has 0 spiro atoms. The van der Waals surface area contributed by atoms with Crippen LogP contribution in [0.25, 0.3) is 0 Å². The molecule has 3 rings (SSSR count). The topological polar surface area (TPSA) is 60.7 Å². The van der Waals surface area contributed by atoms with Crippen LogP contribution in [0.5, 0.6) is 0 Å². The summed E-state index contributed by atoms with van der Waals surface area (Å²) in [5, 5.41) is 16.1. The molecule has 2 N–H and O–H groups in total. The molecule has 1 aliphatic heterocycles. The second kappa shape index (κ2) is 5.58. The highest BCUT2D eigenvalue weighted by Crippen LogP contribution is 2.25. The molecule has 4 nitrogen and oxygen atoms in total. The van der Waals surface area contributed by atoms with Crippen molar-refractivity contribution in [1.29, 1.82) is 5.26 Å². The minimum atomic E-state index is 0.648. The SMILES string of the molecule is N#Cc1cc2c(nc1NCC1CCCNC1)CCC2. The molecule has 1 atom stereocenters. The first-order valence-corrected chi connectivity index (χ1v) is 7.24. The Hall–Kier alpha value is -1.60. The van der Waals surface area contributed by atoms with Crippen LogP contribution in [-0.4, -0.2) is 24.6 Å². The van der Waals surface area contributed by atoms with Crippen molar-refractivity contribution in [2.45, 2.75) is 32.1 Å². The van der Waals surface area contributed by atoms with E-state index in [1.807, 2.05) is 6.07 Å². The summed E-state index contributed by atoms with van der Waals surface area (Å²) in [5.41, 5.74) is 3.15. The second-order valence-electron chi connectivity index (χ2n) is 5.55. The van der Waals surface area contributed by atoms with E-state index in [1.54, 1.807) is 0 Å². The van der Waals surface area contributed by atoms with E-state index in [0.717, 1.165) is 38.3 Å². The first-order chi connectivity index (χ1) is 9.36. The van der Waals surface area contributed by atoms with Crippen LogP contribution in [0.1, 0.15) is 36.1 Å². The summed E-state index contributed by atoms with van der Waals surface area (Å²) < 4.78 is 0. The highest BCUT2D eigenvalue weighted by molar-refractivity contribution is 5.55. The summed E-state index contributed by atoms with van der Waals surface area (Å²) in [7, 11) is 0. The maximum Gasteiger partial charge on any atom is 0.144 e. The van der Waals surface area contributed by atoms with Gasteiger partial charge in [-0.2, -0.15) is 5.26 Å². The van der Waals surface area contributed by atoms with Crippen LogP contribution in [0.2, 0.25) is 0 Å². The molecule has 1 fully saturated rings. The van der Waals surface area contributed by atoms with E-state index in [4.69, 9.17) is 0 Å². The number of fused-ring (bicyclic) bond motifs is 1. The van der Waals surface area contributed by atoms with Crippen LogP contribution >= 0.6 is 0 Å². The van der Waals surface area contributed by atoms with Crippen LogP contribution in [0.4, 0.5) is 5.82 Å². The number of anilines is 1. The van der Waals surface area contributed by atoms with Crippen molar-refractivity contribution in [3.05, 3.63) is 22.9 Å². The lowest BCUT2D eigenvalue weighted by Gasteiger charge is -2.23. The molecule has 1 saturated heterocycles. The molecule has 1 aliphatic carbocycles. The van der Waals surface area contributed by atoms with Crippen LogP contribution in [0.3, 0.4) is 0 Å². The van der Waals surface area contributed by atoms with E-state index in [0.29, 0.717) is 11.5 Å². The Labute approximate surface area is 114 Å². The molecule has 0 radical (unpaired) electrons. The minimum absolute atomic E-state index is 0.648. The highest BCUT2D eigenvalue weighted by Gasteiger charge is 2.18. The fourth-order valence-corrected chi connectivity index (χ4v) is 3.03. The van der Waals surface area contributed by atoms with E-state index < -0.39 is 0 Å². The van der Waals surface area contributed by atoms with Crippen LogP contribution < -0.4 is 10.6 Å². The molecule has 2 heterocycles. The van der Waals surface area contributed by atoms with Gasteiger partial charge in [-0.25, -0.2) is 4.98 Å². The van der Waals surface area contributed by atoms with Gasteiger partial charge in [-0.15, -0.1) is 0 Å². The van der Waals surface area contributed by atoms with E-state index in [2.05, 4.69) is 21.7 Å². The van der Waals surface area contributed by atoms with Crippen molar-refractivity contribution in [1.82, 2.24) is 10.3 Å². The number of hydrogen-bond donors (Lipinski definition) is 2. The lowest BCUT2D eigenvalue weighted by atomic mass is 10.00. The highest BCUT2D eigenvalue weighted by atomic mass is 15.0. The molecular formula is C15H20N4. The van der Waals surface area contributed by atoms with E-state index >= 15 is 0 Å². The number of hydrogen-bond acceptors (Lipinski definition) is 4. The molecule has 1 unspecified atom stereocenters. The van der Waals surface area contributed by atoms with Gasteiger partial charge in [0.25, 0.3) is 0 Å². The molecular weight excluding hydrogens is 236 g/mol. The maximum atomic E-state index is 9.24. The van der Waals surface area contributed by atoms with Gasteiger partial charge in [-0.3, -0.25) is 0 Å². The summed E-state index contributed by atoms with van der Waals surface area (Å²) in [6.45, 7) is 3.12. The largest absolute Gasteiger partial charge is 0.369 e. The quantitative estimate of drug-likeness (QED) is 0.866. The maximum absolute atomic E-state index is 9.24. The molecule has 0 aromatic carbocycles. The third kappa shape index (κ3) is 2.71. The van der Waals surface area contributed by atoms with Crippen molar-refractivity contribution >= 4 is 5.82 Å². The number of pyridine rings is 1. The predicted molar refractivity (Wildman–Crippen MR) is 75.1 cm³/mol. The predicted octanol–water partition coefficient (Wildman–Crippen LogP) is 1.85. The number of piperidine rings is 1. The monoisotopic (exact) mass is 256 g/mol. The Balaban J connectivity index is 1.71. The summed E-state index contributed by atoms with van der Waals surface area (Å²) >= 11 is 0. The van der Waals surface area contributed by atoms with Gasteiger partial charge < -0.3 is 10.6 Å². The van der Waals surface area contributed by atoms with Gasteiger partial charge in [0.05, 0.1) is 5.56 Å². The fraction of sp³-hybridized carbons (Fsp3) is 0.600. The van der Waals surface area contributed by atoms with Crippen molar-refractivity contribution in [2.24, 2.45) is 5.92 Å². The summed E-state index contributed by atoms with van der Waals surface area (Å²) in [5.74, 6) is 1.43. The zero-order valence-corrected chi connectivity index (χ0v) is 11.2. The molecule has 1 aromatic rings. The van der Waals surface area contributed by atoms with Crippen molar-refractivity contribution in [2.75, 3.05) is 25.0 Å². The second-order valence-corrected chi connectivity index (χ2v) is 5.55. The fourth-order valence-electron chi connectivity index (χ4n) is 3.03. The van der Waals surface area contributed by atoms with Crippen molar-refractivity contribution < 1.29 is 0 Å². The first kappa shape index (κ1) is 12.4. The molecule has 0 saturated carbocycles. The Morgan fingerprint density at radius 1 is 1.42 bits per heavy atom. The molecule has 0 amide bonds. The number of nitrogens with zero attached hydrogens (tertiary/aromatic N) is 2. The minimum Gasteiger partial charge on any atom is -0.369 e. The van der Waals surface area contributed by atoms with Crippen molar-refractivity contribution in [3.63, 3.8) is 0 Å². The summed E-state index contributed by atoms with van der Waals surface area (Å²) in [6.07, 6.45) is 5.80. The Kier molecular flexibility index (Phi) is 3.65. The molecule has 1 aromatic heterocycles.